The van der Waals surface area contributed by atoms with Gasteiger partial charge in [0, 0.05) is 0 Å². The highest BCUT2D eigenvalue weighted by atomic mass is 32.1. The van der Waals surface area contributed by atoms with Crippen LogP contribution in [0.25, 0.3) is 10.3 Å². The lowest BCUT2D eigenvalue weighted by molar-refractivity contribution is 0.213. The van der Waals surface area contributed by atoms with E-state index < -0.39 is 0 Å². The van der Waals surface area contributed by atoms with Crippen LogP contribution in [-0.4, -0.2) is 32.2 Å². The average molecular weight is 356 g/mol. The fourth-order valence-electron chi connectivity index (χ4n) is 3.24. The molecule has 0 unspecified atom stereocenters. The third-order valence-electron chi connectivity index (χ3n) is 4.63. The summed E-state index contributed by atoms with van der Waals surface area (Å²) in [5.74, 6) is 0.700. The Morgan fingerprint density at radius 3 is 2.72 bits per heavy atom. The first-order chi connectivity index (χ1) is 12.3. The Morgan fingerprint density at radius 2 is 1.96 bits per heavy atom. The molecule has 0 radical (unpaired) electrons. The Balaban J connectivity index is 1.60. The monoisotopic (exact) mass is 356 g/mol. The van der Waals surface area contributed by atoms with Crippen LogP contribution >= 0.6 is 11.3 Å². The molecule has 2 N–H and O–H groups in total. The highest BCUT2D eigenvalue weighted by Crippen LogP contribution is 2.35. The number of ether oxygens (including phenoxy) is 1. The predicted molar refractivity (Wildman–Crippen MR) is 97.9 cm³/mol. The maximum absolute atomic E-state index is 9.87. The quantitative estimate of drug-likeness (QED) is 0.705. The zero-order valence-electron chi connectivity index (χ0n) is 13.8. The summed E-state index contributed by atoms with van der Waals surface area (Å²) >= 11 is 1.49. The van der Waals surface area contributed by atoms with Crippen molar-refractivity contribution < 1.29 is 9.84 Å². The first kappa shape index (κ1) is 16.2. The highest BCUT2D eigenvalue weighted by Gasteiger charge is 2.34. The number of aliphatic hydroxyl groups is 1. The van der Waals surface area contributed by atoms with Gasteiger partial charge in [-0.05, 0) is 18.4 Å². The van der Waals surface area contributed by atoms with E-state index in [-0.39, 0.29) is 12.1 Å². The Bertz CT molecular complexity index is 847. The van der Waals surface area contributed by atoms with Crippen molar-refractivity contribution in [1.29, 1.82) is 0 Å². The van der Waals surface area contributed by atoms with Crippen molar-refractivity contribution in [2.75, 3.05) is 11.9 Å². The highest BCUT2D eigenvalue weighted by molar-refractivity contribution is 7.17. The van der Waals surface area contributed by atoms with E-state index in [0.29, 0.717) is 24.1 Å². The van der Waals surface area contributed by atoms with Gasteiger partial charge in [0.1, 0.15) is 11.3 Å². The molecule has 0 spiro atoms. The fraction of sp³-hybridized carbons (Fsp3) is 0.389. The van der Waals surface area contributed by atoms with Gasteiger partial charge in [0.05, 0.1) is 17.7 Å². The van der Waals surface area contributed by atoms with Crippen molar-refractivity contribution in [3.8, 4) is 6.01 Å². The van der Waals surface area contributed by atoms with Crippen molar-refractivity contribution in [3.05, 3.63) is 41.4 Å². The van der Waals surface area contributed by atoms with Gasteiger partial charge < -0.3 is 15.2 Å². The van der Waals surface area contributed by atoms with Crippen LogP contribution in [0.15, 0.2) is 35.8 Å². The molecule has 0 bridgehead atoms. The lowest BCUT2D eigenvalue weighted by Gasteiger charge is -2.28. The standard InChI is InChI=1S/C18H20N4O2S/c23-11-18(8-4-5-9-18)22-16-14-15(19-12-25-14)20-17(21-16)24-10-13-6-2-1-3-7-13/h1-3,6-7,12,23H,4-5,8-11H2,(H,20,21,22). The SMILES string of the molecule is OCC1(Nc2nc(OCc3ccccc3)nc3ncsc23)CCCC1. The van der Waals surface area contributed by atoms with Gasteiger partial charge in [-0.1, -0.05) is 43.2 Å². The number of anilines is 1. The molecular formula is C18H20N4O2S. The van der Waals surface area contributed by atoms with Gasteiger partial charge in [-0.2, -0.15) is 9.97 Å². The number of rotatable bonds is 6. The fourth-order valence-corrected chi connectivity index (χ4v) is 3.91. The van der Waals surface area contributed by atoms with Crippen LogP contribution in [0, 0.1) is 0 Å². The number of thiazole rings is 1. The lowest BCUT2D eigenvalue weighted by atomic mass is 9.99. The molecular weight excluding hydrogens is 336 g/mol. The molecule has 4 rings (SSSR count). The maximum Gasteiger partial charge on any atom is 0.320 e. The van der Waals surface area contributed by atoms with Crippen molar-refractivity contribution >= 4 is 27.5 Å². The summed E-state index contributed by atoms with van der Waals surface area (Å²) in [6, 6.07) is 10.2. The largest absolute Gasteiger partial charge is 0.458 e. The van der Waals surface area contributed by atoms with E-state index in [9.17, 15) is 5.11 Å². The molecule has 1 aromatic carbocycles. The Kier molecular flexibility index (Phi) is 4.50. The molecule has 0 saturated heterocycles. The molecule has 1 aliphatic rings. The summed E-state index contributed by atoms with van der Waals surface area (Å²) in [5.41, 5.74) is 3.13. The minimum Gasteiger partial charge on any atom is -0.458 e. The second-order valence-electron chi connectivity index (χ2n) is 6.40. The summed E-state index contributed by atoms with van der Waals surface area (Å²) < 4.78 is 6.68. The molecule has 1 fully saturated rings. The molecule has 0 aliphatic heterocycles. The normalized spacial score (nSPS) is 16.2. The molecule has 25 heavy (non-hydrogen) atoms. The van der Waals surface area contributed by atoms with Crippen molar-refractivity contribution in [2.24, 2.45) is 0 Å². The van der Waals surface area contributed by atoms with Crippen LogP contribution in [-0.2, 0) is 6.61 Å². The minimum absolute atomic E-state index is 0.0947. The zero-order valence-corrected chi connectivity index (χ0v) is 14.6. The van der Waals surface area contributed by atoms with Crippen molar-refractivity contribution in [1.82, 2.24) is 15.0 Å². The summed E-state index contributed by atoms with van der Waals surface area (Å²) in [6.45, 7) is 0.499. The summed E-state index contributed by atoms with van der Waals surface area (Å²) in [5, 5.41) is 13.3. The molecule has 130 valence electrons. The molecule has 1 aliphatic carbocycles. The van der Waals surface area contributed by atoms with Gasteiger partial charge >= 0.3 is 6.01 Å². The van der Waals surface area contributed by atoms with Crippen molar-refractivity contribution in [2.45, 2.75) is 37.8 Å². The van der Waals surface area contributed by atoms with Gasteiger partial charge in [-0.3, -0.25) is 0 Å². The number of nitrogens with zero attached hydrogens (tertiary/aromatic N) is 3. The number of aromatic nitrogens is 3. The molecule has 1 saturated carbocycles. The predicted octanol–water partition coefficient (Wildman–Crippen LogP) is 3.38. The average Bonchev–Trinajstić information content (AvgIpc) is 3.31. The smallest absolute Gasteiger partial charge is 0.320 e. The second-order valence-corrected chi connectivity index (χ2v) is 7.26. The number of hydrogen-bond donors (Lipinski definition) is 2. The van der Waals surface area contributed by atoms with Crippen LogP contribution < -0.4 is 10.1 Å². The molecule has 7 heteroatoms. The lowest BCUT2D eigenvalue weighted by Crippen LogP contribution is -2.39. The molecule has 2 aromatic heterocycles. The second kappa shape index (κ2) is 6.93. The number of hydrogen-bond acceptors (Lipinski definition) is 7. The zero-order chi connectivity index (χ0) is 17.1. The van der Waals surface area contributed by atoms with Gasteiger partial charge in [-0.15, -0.1) is 11.3 Å². The van der Waals surface area contributed by atoms with Gasteiger partial charge in [0.15, 0.2) is 11.5 Å². The molecule has 3 aromatic rings. The van der Waals surface area contributed by atoms with Crippen LogP contribution in [0.3, 0.4) is 0 Å². The van der Waals surface area contributed by atoms with Crippen LogP contribution in [0.1, 0.15) is 31.2 Å². The summed E-state index contributed by atoms with van der Waals surface area (Å²) in [6.07, 6.45) is 4.10. The van der Waals surface area contributed by atoms with Crippen molar-refractivity contribution in [3.63, 3.8) is 0 Å². The summed E-state index contributed by atoms with van der Waals surface area (Å²) in [4.78, 5) is 13.3. The topological polar surface area (TPSA) is 80.2 Å². The maximum atomic E-state index is 9.87. The molecule has 6 nitrogen and oxygen atoms in total. The third kappa shape index (κ3) is 3.43. The molecule has 0 amide bonds. The van der Waals surface area contributed by atoms with Crippen LogP contribution in [0.5, 0.6) is 6.01 Å². The van der Waals surface area contributed by atoms with E-state index in [4.69, 9.17) is 4.74 Å². The number of fused-ring (bicyclic) bond motifs is 1. The van der Waals surface area contributed by atoms with Gasteiger partial charge in [0.25, 0.3) is 0 Å². The van der Waals surface area contributed by atoms with E-state index in [1.54, 1.807) is 5.51 Å². The van der Waals surface area contributed by atoms with E-state index in [1.165, 1.54) is 11.3 Å². The molecule has 0 atom stereocenters. The van der Waals surface area contributed by atoms with Gasteiger partial charge in [0.2, 0.25) is 0 Å². The van der Waals surface area contributed by atoms with E-state index in [2.05, 4.69) is 20.3 Å². The van der Waals surface area contributed by atoms with E-state index >= 15 is 0 Å². The van der Waals surface area contributed by atoms with E-state index in [0.717, 1.165) is 35.9 Å². The first-order valence-electron chi connectivity index (χ1n) is 8.45. The number of aliphatic hydroxyl groups excluding tert-OH is 1. The minimum atomic E-state index is -0.304. The Morgan fingerprint density at radius 1 is 1.16 bits per heavy atom. The van der Waals surface area contributed by atoms with E-state index in [1.807, 2.05) is 30.3 Å². The van der Waals surface area contributed by atoms with Crippen LogP contribution in [0.4, 0.5) is 5.82 Å². The third-order valence-corrected chi connectivity index (χ3v) is 5.45. The number of benzene rings is 1. The number of nitrogens with one attached hydrogen (secondary N) is 1. The van der Waals surface area contributed by atoms with Gasteiger partial charge in [-0.25, -0.2) is 4.98 Å². The Hall–Kier alpha value is -2.25. The Labute approximate surface area is 149 Å². The summed E-state index contributed by atoms with van der Waals surface area (Å²) in [7, 11) is 0. The van der Waals surface area contributed by atoms with Crippen LogP contribution in [0.2, 0.25) is 0 Å². The molecule has 2 heterocycles. The first-order valence-corrected chi connectivity index (χ1v) is 9.33.